The van der Waals surface area contributed by atoms with Crippen LogP contribution in [0.3, 0.4) is 0 Å². The van der Waals surface area contributed by atoms with Crippen LogP contribution >= 0.6 is 0 Å². The average Bonchev–Trinajstić information content (AvgIpc) is 2.74. The fourth-order valence-electron chi connectivity index (χ4n) is 3.19. The summed E-state index contributed by atoms with van der Waals surface area (Å²) in [6.07, 6.45) is 1.55. The van der Waals surface area contributed by atoms with Crippen LogP contribution < -0.4 is 20.7 Å². The Kier molecular flexibility index (Phi) is 7.38. The largest absolute Gasteiger partial charge is 0.439 e. The Morgan fingerprint density at radius 2 is 1.75 bits per heavy atom. The third-order valence-electron chi connectivity index (χ3n) is 4.62. The van der Waals surface area contributed by atoms with Gasteiger partial charge in [0.15, 0.2) is 0 Å². The highest BCUT2D eigenvalue weighted by atomic mass is 19.1. The second-order valence-corrected chi connectivity index (χ2v) is 7.42. The molecule has 0 fully saturated rings. The van der Waals surface area contributed by atoms with Crippen LogP contribution in [-0.2, 0) is 11.3 Å². The van der Waals surface area contributed by atoms with E-state index >= 15 is 0 Å². The Morgan fingerprint density at radius 3 is 2.41 bits per heavy atom. The van der Waals surface area contributed by atoms with Crippen LogP contribution in [0.1, 0.15) is 22.3 Å². The van der Waals surface area contributed by atoms with Crippen LogP contribution in [0.4, 0.5) is 14.9 Å². The Labute approximate surface area is 186 Å². The summed E-state index contributed by atoms with van der Waals surface area (Å²) in [6.45, 7) is 5.92. The lowest BCUT2D eigenvalue weighted by Crippen LogP contribution is -2.39. The van der Waals surface area contributed by atoms with E-state index in [0.29, 0.717) is 11.6 Å². The monoisotopic (exact) mass is 436 g/mol. The molecule has 1 aromatic heterocycles. The molecule has 0 atom stereocenters. The number of benzene rings is 2. The molecule has 7 nitrogen and oxygen atoms in total. The van der Waals surface area contributed by atoms with Crippen molar-refractivity contribution in [3.63, 3.8) is 0 Å². The number of anilines is 1. The lowest BCUT2D eigenvalue weighted by molar-refractivity contribution is -0.115. The molecular weight excluding hydrogens is 411 g/mol. The molecular formula is C24H25FN4O3. The van der Waals surface area contributed by atoms with Crippen molar-refractivity contribution >= 4 is 17.6 Å². The van der Waals surface area contributed by atoms with E-state index < -0.39 is 11.8 Å². The molecule has 0 bridgehead atoms. The number of pyridine rings is 1. The van der Waals surface area contributed by atoms with E-state index in [1.807, 2.05) is 32.9 Å². The van der Waals surface area contributed by atoms with Crippen LogP contribution in [0, 0.1) is 26.6 Å². The van der Waals surface area contributed by atoms with Crippen molar-refractivity contribution in [1.29, 1.82) is 0 Å². The van der Waals surface area contributed by atoms with Gasteiger partial charge in [-0.3, -0.25) is 4.79 Å². The molecule has 8 heteroatoms. The lowest BCUT2D eigenvalue weighted by atomic mass is 10.1. The minimum absolute atomic E-state index is 0.156. The van der Waals surface area contributed by atoms with Crippen LogP contribution in [0.2, 0.25) is 0 Å². The first kappa shape index (κ1) is 22.7. The lowest BCUT2D eigenvalue weighted by Gasteiger charge is -2.13. The number of nitrogens with one attached hydrogen (secondary N) is 3. The van der Waals surface area contributed by atoms with Gasteiger partial charge < -0.3 is 20.7 Å². The molecule has 1 heterocycles. The quantitative estimate of drug-likeness (QED) is 0.513. The second kappa shape index (κ2) is 10.4. The molecule has 3 N–H and O–H groups in total. The minimum atomic E-state index is -0.474. The Morgan fingerprint density at radius 1 is 1.00 bits per heavy atom. The summed E-state index contributed by atoms with van der Waals surface area (Å²) in [5.74, 6) is -0.0536. The van der Waals surface area contributed by atoms with Gasteiger partial charge in [0.05, 0.1) is 6.54 Å². The van der Waals surface area contributed by atoms with Gasteiger partial charge in [-0.05, 0) is 49.6 Å². The van der Waals surface area contributed by atoms with Crippen LogP contribution in [0.15, 0.2) is 54.7 Å². The van der Waals surface area contributed by atoms with E-state index in [4.69, 9.17) is 4.74 Å². The van der Waals surface area contributed by atoms with Crippen molar-refractivity contribution in [3.8, 4) is 11.6 Å². The first-order valence-electron chi connectivity index (χ1n) is 10.1. The molecule has 0 saturated carbocycles. The molecule has 32 heavy (non-hydrogen) atoms. The fourth-order valence-corrected chi connectivity index (χ4v) is 3.19. The van der Waals surface area contributed by atoms with Crippen molar-refractivity contribution in [2.75, 3.05) is 11.9 Å². The van der Waals surface area contributed by atoms with Gasteiger partial charge in [-0.2, -0.15) is 0 Å². The third kappa shape index (κ3) is 6.53. The maximum absolute atomic E-state index is 13.2. The van der Waals surface area contributed by atoms with Crippen molar-refractivity contribution in [3.05, 3.63) is 82.8 Å². The molecule has 0 aliphatic heterocycles. The first-order valence-corrected chi connectivity index (χ1v) is 10.1. The van der Waals surface area contributed by atoms with Crippen LogP contribution in [0.5, 0.6) is 11.6 Å². The number of nitrogens with zero attached hydrogens (tertiary/aromatic N) is 1. The summed E-state index contributed by atoms with van der Waals surface area (Å²) in [5.41, 5.74) is 4.56. The molecule has 3 aromatic rings. The van der Waals surface area contributed by atoms with Crippen molar-refractivity contribution in [2.45, 2.75) is 27.3 Å². The third-order valence-corrected chi connectivity index (χ3v) is 4.62. The molecule has 0 aliphatic carbocycles. The fraction of sp³-hybridized carbons (Fsp3) is 0.208. The normalized spacial score (nSPS) is 10.4. The Hall–Kier alpha value is -3.94. The van der Waals surface area contributed by atoms with Gasteiger partial charge >= 0.3 is 6.03 Å². The molecule has 3 rings (SSSR count). The van der Waals surface area contributed by atoms with E-state index in [0.717, 1.165) is 27.9 Å². The van der Waals surface area contributed by atoms with Gasteiger partial charge in [0.25, 0.3) is 0 Å². The van der Waals surface area contributed by atoms with E-state index in [9.17, 15) is 14.0 Å². The summed E-state index contributed by atoms with van der Waals surface area (Å²) in [4.78, 5) is 28.3. The standard InChI is InChI=1S/C24H25FN4O3/c1-15-9-16(2)23(17(3)10-15)29-21(30)14-28-24(31)27-13-18-7-8-22(26-12-18)32-20-6-4-5-19(25)11-20/h4-12H,13-14H2,1-3H3,(H,29,30)(H2,27,28,31). The predicted octanol–water partition coefficient (Wildman–Crippen LogP) is 4.38. The summed E-state index contributed by atoms with van der Waals surface area (Å²) in [6, 6.07) is 12.6. The molecule has 2 aromatic carbocycles. The van der Waals surface area contributed by atoms with Crippen LogP contribution in [-0.4, -0.2) is 23.5 Å². The molecule has 3 amide bonds. The second-order valence-electron chi connectivity index (χ2n) is 7.42. The maximum Gasteiger partial charge on any atom is 0.315 e. The topological polar surface area (TPSA) is 92.4 Å². The summed E-state index contributed by atoms with van der Waals surface area (Å²) < 4.78 is 18.7. The zero-order valence-corrected chi connectivity index (χ0v) is 18.2. The number of aryl methyl sites for hydroxylation is 3. The molecule has 0 saturated heterocycles. The highest BCUT2D eigenvalue weighted by molar-refractivity contribution is 5.95. The van der Waals surface area contributed by atoms with E-state index in [2.05, 4.69) is 20.9 Å². The summed E-state index contributed by atoms with van der Waals surface area (Å²) >= 11 is 0. The van der Waals surface area contributed by atoms with Gasteiger partial charge in [-0.15, -0.1) is 0 Å². The molecule has 166 valence electrons. The van der Waals surface area contributed by atoms with Crippen molar-refractivity contribution in [2.24, 2.45) is 0 Å². The first-order chi connectivity index (χ1) is 15.3. The van der Waals surface area contributed by atoms with Gasteiger partial charge in [-0.1, -0.05) is 29.8 Å². The summed E-state index contributed by atoms with van der Waals surface area (Å²) in [7, 11) is 0. The average molecular weight is 436 g/mol. The maximum atomic E-state index is 13.2. The van der Waals surface area contributed by atoms with Gasteiger partial charge in [0.1, 0.15) is 11.6 Å². The highest BCUT2D eigenvalue weighted by Gasteiger charge is 2.10. The predicted molar refractivity (Wildman–Crippen MR) is 120 cm³/mol. The number of aromatic nitrogens is 1. The van der Waals surface area contributed by atoms with Gasteiger partial charge in [0.2, 0.25) is 11.8 Å². The van der Waals surface area contributed by atoms with Gasteiger partial charge in [-0.25, -0.2) is 14.2 Å². The number of carbonyl (C=O) groups is 2. The molecule has 0 radical (unpaired) electrons. The SMILES string of the molecule is Cc1cc(C)c(NC(=O)CNC(=O)NCc2ccc(Oc3cccc(F)c3)nc2)c(C)c1. The van der Waals surface area contributed by atoms with E-state index in [1.54, 1.807) is 30.5 Å². The van der Waals surface area contributed by atoms with Crippen molar-refractivity contribution < 1.29 is 18.7 Å². The number of hydrogen-bond acceptors (Lipinski definition) is 4. The smallest absolute Gasteiger partial charge is 0.315 e. The number of urea groups is 1. The Bertz CT molecular complexity index is 1090. The van der Waals surface area contributed by atoms with Crippen LogP contribution in [0.25, 0.3) is 0 Å². The number of carbonyl (C=O) groups excluding carboxylic acids is 2. The number of halogens is 1. The minimum Gasteiger partial charge on any atom is -0.439 e. The zero-order valence-electron chi connectivity index (χ0n) is 18.2. The number of ether oxygens (including phenoxy) is 1. The molecule has 0 aliphatic rings. The number of rotatable bonds is 7. The van der Waals surface area contributed by atoms with E-state index in [1.165, 1.54) is 12.1 Å². The molecule has 0 unspecified atom stereocenters. The van der Waals surface area contributed by atoms with Crippen molar-refractivity contribution in [1.82, 2.24) is 15.6 Å². The number of hydrogen-bond donors (Lipinski definition) is 3. The highest BCUT2D eigenvalue weighted by Crippen LogP contribution is 2.22. The Balaban J connectivity index is 1.43. The summed E-state index contributed by atoms with van der Waals surface area (Å²) in [5, 5.41) is 8.03. The van der Waals surface area contributed by atoms with Gasteiger partial charge in [0, 0.05) is 30.6 Å². The molecule has 0 spiro atoms. The number of amides is 3. The van der Waals surface area contributed by atoms with E-state index in [-0.39, 0.29) is 19.0 Å². The zero-order chi connectivity index (χ0) is 23.1.